The topological polar surface area (TPSA) is 46.3 Å². The number of nitrogen functional groups attached to an aromatic ring is 1. The molecule has 0 heterocycles. The minimum Gasteiger partial charge on any atom is -0.397 e. The summed E-state index contributed by atoms with van der Waals surface area (Å²) in [5.74, 6) is 0.612. The average Bonchev–Trinajstić information content (AvgIpc) is 2.27. The molecule has 0 aliphatic heterocycles. The SMILES string of the molecule is CCCN(C(=O)CSC)c1ccccc1N. The molecule has 1 aromatic carbocycles. The number of hydrogen-bond donors (Lipinski definition) is 1. The first-order valence-electron chi connectivity index (χ1n) is 5.34. The van der Waals surface area contributed by atoms with E-state index in [9.17, 15) is 4.79 Å². The fraction of sp³-hybridized carbons (Fsp3) is 0.417. The van der Waals surface area contributed by atoms with Crippen molar-refractivity contribution in [2.24, 2.45) is 0 Å². The minimum absolute atomic E-state index is 0.118. The van der Waals surface area contributed by atoms with Crippen LogP contribution < -0.4 is 10.6 Å². The molecule has 0 atom stereocenters. The maximum absolute atomic E-state index is 11.9. The van der Waals surface area contributed by atoms with Crippen LogP contribution in [0.15, 0.2) is 24.3 Å². The number of nitrogens with zero attached hydrogens (tertiary/aromatic N) is 1. The highest BCUT2D eigenvalue weighted by Crippen LogP contribution is 2.23. The van der Waals surface area contributed by atoms with E-state index >= 15 is 0 Å². The Hall–Kier alpha value is -1.16. The average molecular weight is 238 g/mol. The van der Waals surface area contributed by atoms with Crippen LogP contribution in [0.2, 0.25) is 0 Å². The Kier molecular flexibility index (Phi) is 5.19. The molecule has 3 nitrogen and oxygen atoms in total. The highest BCUT2D eigenvalue weighted by atomic mass is 32.2. The third-order valence-electron chi connectivity index (χ3n) is 2.24. The Bertz CT molecular complexity index is 355. The molecule has 0 fully saturated rings. The van der Waals surface area contributed by atoms with Crippen LogP contribution in [0.3, 0.4) is 0 Å². The summed E-state index contributed by atoms with van der Waals surface area (Å²) in [6.07, 6.45) is 2.85. The molecule has 2 N–H and O–H groups in total. The number of amides is 1. The maximum Gasteiger partial charge on any atom is 0.237 e. The van der Waals surface area contributed by atoms with Gasteiger partial charge in [-0.25, -0.2) is 0 Å². The Morgan fingerprint density at radius 2 is 2.12 bits per heavy atom. The molecule has 88 valence electrons. The van der Waals surface area contributed by atoms with E-state index in [2.05, 4.69) is 6.92 Å². The quantitative estimate of drug-likeness (QED) is 0.801. The van der Waals surface area contributed by atoms with E-state index in [1.807, 2.05) is 30.5 Å². The molecule has 0 saturated carbocycles. The number of anilines is 2. The van der Waals surface area contributed by atoms with Crippen molar-refractivity contribution in [3.05, 3.63) is 24.3 Å². The zero-order valence-electron chi connectivity index (χ0n) is 9.77. The Morgan fingerprint density at radius 3 is 2.69 bits per heavy atom. The van der Waals surface area contributed by atoms with E-state index < -0.39 is 0 Å². The van der Waals surface area contributed by atoms with Gasteiger partial charge in [-0.15, -0.1) is 0 Å². The fourth-order valence-electron chi connectivity index (χ4n) is 1.54. The molecule has 0 unspecified atom stereocenters. The number of carbonyl (C=O) groups is 1. The predicted molar refractivity (Wildman–Crippen MR) is 71.9 cm³/mol. The van der Waals surface area contributed by atoms with Crippen molar-refractivity contribution >= 4 is 29.0 Å². The molecule has 0 aliphatic carbocycles. The van der Waals surface area contributed by atoms with Gasteiger partial charge in [-0.2, -0.15) is 11.8 Å². The number of nitrogens with two attached hydrogens (primary N) is 1. The van der Waals surface area contributed by atoms with Crippen LogP contribution in [0.4, 0.5) is 11.4 Å². The van der Waals surface area contributed by atoms with Crippen molar-refractivity contribution in [1.29, 1.82) is 0 Å². The smallest absolute Gasteiger partial charge is 0.237 e. The zero-order chi connectivity index (χ0) is 12.0. The highest BCUT2D eigenvalue weighted by Gasteiger charge is 2.15. The molecule has 0 bridgehead atoms. The lowest BCUT2D eigenvalue weighted by Crippen LogP contribution is -2.33. The van der Waals surface area contributed by atoms with Crippen molar-refractivity contribution in [3.63, 3.8) is 0 Å². The Balaban J connectivity index is 2.93. The molecule has 16 heavy (non-hydrogen) atoms. The van der Waals surface area contributed by atoms with Crippen LogP contribution >= 0.6 is 11.8 Å². The van der Waals surface area contributed by atoms with Gasteiger partial charge in [0.05, 0.1) is 17.1 Å². The molecular formula is C12H18N2OS. The van der Waals surface area contributed by atoms with Gasteiger partial charge in [0, 0.05) is 6.54 Å². The van der Waals surface area contributed by atoms with Crippen LogP contribution in [-0.2, 0) is 4.79 Å². The number of hydrogen-bond acceptors (Lipinski definition) is 3. The van der Waals surface area contributed by atoms with Gasteiger partial charge < -0.3 is 10.6 Å². The first-order valence-corrected chi connectivity index (χ1v) is 6.74. The lowest BCUT2D eigenvalue weighted by Gasteiger charge is -2.23. The second kappa shape index (κ2) is 6.43. The van der Waals surface area contributed by atoms with Crippen LogP contribution in [0.1, 0.15) is 13.3 Å². The van der Waals surface area contributed by atoms with E-state index in [1.165, 1.54) is 11.8 Å². The number of carbonyl (C=O) groups excluding carboxylic acids is 1. The molecule has 0 aliphatic rings. The van der Waals surface area contributed by atoms with Crippen LogP contribution in [-0.4, -0.2) is 24.5 Å². The first-order chi connectivity index (χ1) is 7.70. The van der Waals surface area contributed by atoms with E-state index in [0.717, 1.165) is 12.1 Å². The molecule has 4 heteroatoms. The first kappa shape index (κ1) is 12.9. The molecule has 0 spiro atoms. The van der Waals surface area contributed by atoms with Crippen molar-refractivity contribution in [3.8, 4) is 0 Å². The summed E-state index contributed by atoms with van der Waals surface area (Å²) in [4.78, 5) is 13.7. The summed E-state index contributed by atoms with van der Waals surface area (Å²) in [6.45, 7) is 2.77. The molecule has 1 amide bonds. The predicted octanol–water partition coefficient (Wildman–Crippen LogP) is 2.37. The molecule has 0 radical (unpaired) electrons. The summed E-state index contributed by atoms with van der Waals surface area (Å²) in [6, 6.07) is 7.50. The monoisotopic (exact) mass is 238 g/mol. The Labute approximate surface area is 101 Å². The summed E-state index contributed by atoms with van der Waals surface area (Å²) in [5.41, 5.74) is 7.37. The van der Waals surface area contributed by atoms with Crippen LogP contribution in [0.25, 0.3) is 0 Å². The lowest BCUT2D eigenvalue weighted by atomic mass is 10.2. The maximum atomic E-state index is 11.9. The van der Waals surface area contributed by atoms with Crippen molar-refractivity contribution < 1.29 is 4.79 Å². The van der Waals surface area contributed by atoms with Crippen molar-refractivity contribution in [2.75, 3.05) is 29.2 Å². The number of para-hydroxylation sites is 2. The largest absolute Gasteiger partial charge is 0.397 e. The van der Waals surface area contributed by atoms with Gasteiger partial charge in [0.15, 0.2) is 0 Å². The second-order valence-electron chi connectivity index (χ2n) is 3.54. The molecular weight excluding hydrogens is 220 g/mol. The van der Waals surface area contributed by atoms with Gasteiger partial charge in [0.2, 0.25) is 5.91 Å². The van der Waals surface area contributed by atoms with Gasteiger partial charge in [-0.05, 0) is 24.8 Å². The van der Waals surface area contributed by atoms with E-state index in [4.69, 9.17) is 5.73 Å². The van der Waals surface area contributed by atoms with E-state index in [-0.39, 0.29) is 5.91 Å². The third-order valence-corrected chi connectivity index (χ3v) is 2.78. The normalized spacial score (nSPS) is 10.1. The fourth-order valence-corrected chi connectivity index (χ4v) is 1.94. The summed E-state index contributed by atoms with van der Waals surface area (Å²) >= 11 is 1.53. The van der Waals surface area contributed by atoms with Gasteiger partial charge >= 0.3 is 0 Å². The Morgan fingerprint density at radius 1 is 1.44 bits per heavy atom. The van der Waals surface area contributed by atoms with Gasteiger partial charge in [0.25, 0.3) is 0 Å². The lowest BCUT2D eigenvalue weighted by molar-refractivity contribution is -0.116. The standard InChI is InChI=1S/C12H18N2OS/c1-3-8-14(12(15)9-16-2)11-7-5-4-6-10(11)13/h4-7H,3,8-9,13H2,1-2H3. The van der Waals surface area contributed by atoms with E-state index in [0.29, 0.717) is 18.0 Å². The summed E-state index contributed by atoms with van der Waals surface area (Å²) in [5, 5.41) is 0. The number of thioether (sulfide) groups is 1. The third kappa shape index (κ3) is 3.17. The minimum atomic E-state index is 0.118. The molecule has 1 aromatic rings. The number of rotatable bonds is 5. The van der Waals surface area contributed by atoms with Gasteiger partial charge in [-0.1, -0.05) is 19.1 Å². The van der Waals surface area contributed by atoms with E-state index in [1.54, 1.807) is 4.90 Å². The number of benzene rings is 1. The molecule has 1 rings (SSSR count). The van der Waals surface area contributed by atoms with Crippen molar-refractivity contribution in [2.45, 2.75) is 13.3 Å². The molecule has 0 aromatic heterocycles. The van der Waals surface area contributed by atoms with Gasteiger partial charge in [0.1, 0.15) is 0 Å². The van der Waals surface area contributed by atoms with Gasteiger partial charge in [-0.3, -0.25) is 4.79 Å². The second-order valence-corrected chi connectivity index (χ2v) is 4.40. The van der Waals surface area contributed by atoms with Crippen LogP contribution in [0.5, 0.6) is 0 Å². The highest BCUT2D eigenvalue weighted by molar-refractivity contribution is 7.99. The summed E-state index contributed by atoms with van der Waals surface area (Å²) in [7, 11) is 0. The summed E-state index contributed by atoms with van der Waals surface area (Å²) < 4.78 is 0. The van der Waals surface area contributed by atoms with Crippen LogP contribution in [0, 0.1) is 0 Å². The van der Waals surface area contributed by atoms with Crippen molar-refractivity contribution in [1.82, 2.24) is 0 Å². The zero-order valence-corrected chi connectivity index (χ0v) is 10.6. The molecule has 0 saturated heterocycles.